The molecule has 4 aromatic rings. The van der Waals surface area contributed by atoms with E-state index in [1.54, 1.807) is 25.6 Å². The van der Waals surface area contributed by atoms with Gasteiger partial charge in [0.15, 0.2) is 5.82 Å². The highest BCUT2D eigenvalue weighted by atomic mass is 19.1. The first kappa shape index (κ1) is 20.6. The van der Waals surface area contributed by atoms with E-state index in [-0.39, 0.29) is 11.3 Å². The molecule has 0 saturated carbocycles. The van der Waals surface area contributed by atoms with Crippen molar-refractivity contribution in [3.05, 3.63) is 77.4 Å². The molecule has 6 nitrogen and oxygen atoms in total. The number of nitrogens with zero attached hydrogens (tertiary/aromatic N) is 2. The molecule has 0 spiro atoms. The van der Waals surface area contributed by atoms with Crippen LogP contribution in [0.2, 0.25) is 0 Å². The molecule has 4 rings (SSSR count). The van der Waals surface area contributed by atoms with Crippen molar-refractivity contribution >= 4 is 22.5 Å². The van der Waals surface area contributed by atoms with Crippen LogP contribution in [0, 0.1) is 11.6 Å². The van der Waals surface area contributed by atoms with Gasteiger partial charge in [-0.3, -0.25) is 9.78 Å². The molecule has 0 saturated heterocycles. The summed E-state index contributed by atoms with van der Waals surface area (Å²) in [6.45, 7) is 0.669. The maximum Gasteiger partial charge on any atom is 0.201 e. The number of benzene rings is 1. The fourth-order valence-electron chi connectivity index (χ4n) is 3.40. The molecule has 3 aromatic heterocycles. The predicted molar refractivity (Wildman–Crippen MR) is 114 cm³/mol. The number of ether oxygens (including phenoxy) is 1. The number of methoxy groups -OCH3 is 1. The van der Waals surface area contributed by atoms with Gasteiger partial charge in [0.1, 0.15) is 11.5 Å². The molecule has 0 bridgehead atoms. The van der Waals surface area contributed by atoms with Crippen LogP contribution in [0.1, 0.15) is 28.0 Å². The smallest absolute Gasteiger partial charge is 0.201 e. The van der Waals surface area contributed by atoms with Crippen molar-refractivity contribution in [2.75, 3.05) is 19.5 Å². The van der Waals surface area contributed by atoms with Crippen LogP contribution in [0.15, 0.2) is 48.9 Å². The second-order valence-electron chi connectivity index (χ2n) is 7.11. The van der Waals surface area contributed by atoms with Gasteiger partial charge in [-0.1, -0.05) is 6.07 Å². The summed E-state index contributed by atoms with van der Waals surface area (Å²) in [7, 11) is 1.66. The van der Waals surface area contributed by atoms with Crippen LogP contribution in [-0.4, -0.2) is 34.5 Å². The number of ketones is 1. The topological polar surface area (TPSA) is 93.9 Å². The summed E-state index contributed by atoms with van der Waals surface area (Å²) < 4.78 is 33.6. The first-order valence-electron chi connectivity index (χ1n) is 9.69. The van der Waals surface area contributed by atoms with E-state index in [1.807, 2.05) is 12.1 Å². The fourth-order valence-corrected chi connectivity index (χ4v) is 3.40. The standard InChI is InChI=1S/C23H20F2N4O2/c1-31-8-2-3-15-5-4-13(10-27-15)14-9-16-17(12-29-23(16)28-11-14)22(30)20-18(24)6-7-19(26)21(20)25/h4-7,9-12H,2-3,8,26H2,1H3,(H,28,29). The molecule has 1 aromatic carbocycles. The van der Waals surface area contributed by atoms with Gasteiger partial charge in [-0.05, 0) is 37.1 Å². The molecule has 0 aliphatic carbocycles. The number of pyridine rings is 2. The number of hydrogen-bond acceptors (Lipinski definition) is 5. The monoisotopic (exact) mass is 422 g/mol. The summed E-state index contributed by atoms with van der Waals surface area (Å²) in [4.78, 5) is 24.6. The molecule has 31 heavy (non-hydrogen) atoms. The number of aryl methyl sites for hydroxylation is 1. The maximum atomic E-state index is 14.4. The van der Waals surface area contributed by atoms with E-state index in [2.05, 4.69) is 15.0 Å². The van der Waals surface area contributed by atoms with Gasteiger partial charge < -0.3 is 15.5 Å². The van der Waals surface area contributed by atoms with Crippen molar-refractivity contribution in [3.8, 4) is 11.1 Å². The van der Waals surface area contributed by atoms with Crippen molar-refractivity contribution < 1.29 is 18.3 Å². The van der Waals surface area contributed by atoms with Crippen molar-refractivity contribution in [2.45, 2.75) is 12.8 Å². The third-order valence-electron chi connectivity index (χ3n) is 5.06. The van der Waals surface area contributed by atoms with Gasteiger partial charge >= 0.3 is 0 Å². The van der Waals surface area contributed by atoms with Gasteiger partial charge in [-0.2, -0.15) is 0 Å². The Balaban J connectivity index is 1.69. The molecule has 158 valence electrons. The van der Waals surface area contributed by atoms with Crippen LogP contribution in [0.25, 0.3) is 22.2 Å². The molecule has 8 heteroatoms. The number of aromatic amines is 1. The average Bonchev–Trinajstić information content (AvgIpc) is 3.20. The molecule has 3 N–H and O–H groups in total. The minimum absolute atomic E-state index is 0.108. The molecule has 0 aliphatic rings. The van der Waals surface area contributed by atoms with E-state index in [4.69, 9.17) is 10.5 Å². The van der Waals surface area contributed by atoms with Crippen molar-refractivity contribution in [3.63, 3.8) is 0 Å². The van der Waals surface area contributed by atoms with Crippen molar-refractivity contribution in [2.24, 2.45) is 0 Å². The summed E-state index contributed by atoms with van der Waals surface area (Å²) in [5, 5.41) is 0.452. The Bertz CT molecular complexity index is 1250. The summed E-state index contributed by atoms with van der Waals surface area (Å²) >= 11 is 0. The number of nitrogens with two attached hydrogens (primary N) is 1. The number of fused-ring (bicyclic) bond motifs is 1. The summed E-state index contributed by atoms with van der Waals surface area (Å²) in [5.41, 5.74) is 7.56. The van der Waals surface area contributed by atoms with E-state index in [1.165, 1.54) is 6.20 Å². The molecule has 0 radical (unpaired) electrons. The number of anilines is 1. The van der Waals surface area contributed by atoms with Crippen LogP contribution >= 0.6 is 0 Å². The molecular formula is C23H20F2N4O2. The van der Waals surface area contributed by atoms with Crippen LogP contribution in [-0.2, 0) is 11.2 Å². The SMILES string of the molecule is COCCCc1ccc(-c2cnc3[nH]cc(C(=O)c4c(F)ccc(N)c4F)c3c2)cn1. The van der Waals surface area contributed by atoms with E-state index < -0.39 is 23.0 Å². The van der Waals surface area contributed by atoms with Crippen molar-refractivity contribution in [1.82, 2.24) is 15.0 Å². The molecule has 0 amide bonds. The van der Waals surface area contributed by atoms with Crippen LogP contribution in [0.3, 0.4) is 0 Å². The number of hydrogen-bond donors (Lipinski definition) is 2. The molecule has 0 aliphatic heterocycles. The number of H-pyrrole nitrogens is 1. The third kappa shape index (κ3) is 4.02. The van der Waals surface area contributed by atoms with E-state index in [0.717, 1.165) is 41.8 Å². The highest BCUT2D eigenvalue weighted by Crippen LogP contribution is 2.28. The van der Waals surface area contributed by atoms with Gasteiger partial charge in [0, 0.05) is 60.1 Å². The van der Waals surface area contributed by atoms with Crippen molar-refractivity contribution in [1.29, 1.82) is 0 Å². The zero-order chi connectivity index (χ0) is 22.0. The first-order valence-corrected chi connectivity index (χ1v) is 9.69. The average molecular weight is 422 g/mol. The quantitative estimate of drug-likeness (QED) is 0.263. The molecular weight excluding hydrogens is 402 g/mol. The lowest BCUT2D eigenvalue weighted by Crippen LogP contribution is -2.09. The lowest BCUT2D eigenvalue weighted by atomic mass is 10.00. The Hall–Kier alpha value is -3.65. The van der Waals surface area contributed by atoms with E-state index in [0.29, 0.717) is 17.6 Å². The second kappa shape index (κ2) is 8.61. The second-order valence-corrected chi connectivity index (χ2v) is 7.11. The number of nitrogens with one attached hydrogen (secondary N) is 1. The Morgan fingerprint density at radius 1 is 1.13 bits per heavy atom. The molecule has 0 fully saturated rings. The highest BCUT2D eigenvalue weighted by Gasteiger charge is 2.24. The minimum atomic E-state index is -1.07. The van der Waals surface area contributed by atoms with Gasteiger partial charge in [-0.25, -0.2) is 13.8 Å². The lowest BCUT2D eigenvalue weighted by Gasteiger charge is -2.07. The lowest BCUT2D eigenvalue weighted by molar-refractivity contribution is 0.103. The van der Waals surface area contributed by atoms with E-state index >= 15 is 0 Å². The number of aromatic nitrogens is 3. The van der Waals surface area contributed by atoms with Gasteiger partial charge in [-0.15, -0.1) is 0 Å². The normalized spacial score (nSPS) is 11.2. The highest BCUT2D eigenvalue weighted by molar-refractivity contribution is 6.16. The maximum absolute atomic E-state index is 14.4. The van der Waals surface area contributed by atoms with Gasteiger partial charge in [0.2, 0.25) is 5.78 Å². The molecule has 3 heterocycles. The van der Waals surface area contributed by atoms with Crippen LogP contribution in [0.5, 0.6) is 0 Å². The number of carbonyl (C=O) groups excluding carboxylic acids is 1. The Kier molecular flexibility index (Phi) is 5.73. The zero-order valence-electron chi connectivity index (χ0n) is 16.8. The molecule has 0 atom stereocenters. The number of halogens is 2. The van der Waals surface area contributed by atoms with Crippen LogP contribution < -0.4 is 5.73 Å². The zero-order valence-corrected chi connectivity index (χ0v) is 16.8. The number of nitrogen functional groups attached to an aromatic ring is 1. The summed E-state index contributed by atoms with van der Waals surface area (Å²) in [6.07, 6.45) is 6.46. The Morgan fingerprint density at radius 3 is 2.68 bits per heavy atom. The molecule has 0 unspecified atom stereocenters. The van der Waals surface area contributed by atoms with Crippen LogP contribution in [0.4, 0.5) is 14.5 Å². The Labute approximate surface area is 177 Å². The Morgan fingerprint density at radius 2 is 1.94 bits per heavy atom. The van der Waals surface area contributed by atoms with Gasteiger partial charge in [0.05, 0.1) is 11.3 Å². The number of carbonyl (C=O) groups is 1. The fraction of sp³-hybridized carbons (Fsp3) is 0.174. The first-order chi connectivity index (χ1) is 15.0. The summed E-state index contributed by atoms with van der Waals surface area (Å²) in [6, 6.07) is 7.65. The number of rotatable bonds is 7. The predicted octanol–water partition coefficient (Wildman–Crippen LogP) is 4.30. The van der Waals surface area contributed by atoms with Gasteiger partial charge in [0.25, 0.3) is 0 Å². The largest absolute Gasteiger partial charge is 0.396 e. The minimum Gasteiger partial charge on any atom is -0.396 e. The summed E-state index contributed by atoms with van der Waals surface area (Å²) in [5.74, 6) is -2.85. The third-order valence-corrected chi connectivity index (χ3v) is 5.06. The van der Waals surface area contributed by atoms with E-state index in [9.17, 15) is 13.6 Å².